The third-order valence-corrected chi connectivity index (χ3v) is 3.30. The Morgan fingerprint density at radius 2 is 1.95 bits per heavy atom. The van der Waals surface area contributed by atoms with Crippen LogP contribution in [0.15, 0.2) is 24.3 Å². The molecule has 0 heterocycles. The summed E-state index contributed by atoms with van der Waals surface area (Å²) < 4.78 is 18.1. The zero-order chi connectivity index (χ0) is 14.3. The highest BCUT2D eigenvalue weighted by atomic mass is 19.1. The van der Waals surface area contributed by atoms with Crippen molar-refractivity contribution in [3.8, 4) is 0 Å². The molecule has 4 heteroatoms. The van der Waals surface area contributed by atoms with Crippen LogP contribution in [0.3, 0.4) is 0 Å². The summed E-state index contributed by atoms with van der Waals surface area (Å²) >= 11 is 0. The average molecular weight is 265 g/mol. The number of hydrogen-bond acceptors (Lipinski definition) is 2. The number of carbonyl (C=O) groups is 1. The quantitative estimate of drug-likeness (QED) is 0.887. The molecule has 0 aliphatic heterocycles. The van der Waals surface area contributed by atoms with Crippen LogP contribution in [0.4, 0.5) is 9.18 Å². The van der Waals surface area contributed by atoms with Gasteiger partial charge in [-0.25, -0.2) is 9.18 Å². The van der Waals surface area contributed by atoms with Crippen LogP contribution in [0.1, 0.15) is 45.6 Å². The van der Waals surface area contributed by atoms with Gasteiger partial charge in [0.15, 0.2) is 0 Å². The van der Waals surface area contributed by atoms with Crippen LogP contribution in [-0.4, -0.2) is 17.2 Å². The fourth-order valence-corrected chi connectivity index (χ4v) is 2.22. The summed E-state index contributed by atoms with van der Waals surface area (Å²) in [4.78, 5) is 11.8. The second kappa shape index (κ2) is 4.51. The molecule has 1 saturated carbocycles. The van der Waals surface area contributed by atoms with Gasteiger partial charge in [-0.2, -0.15) is 0 Å². The van der Waals surface area contributed by atoms with E-state index >= 15 is 0 Å². The van der Waals surface area contributed by atoms with Crippen molar-refractivity contribution in [1.29, 1.82) is 0 Å². The number of amides is 1. The Morgan fingerprint density at radius 3 is 2.47 bits per heavy atom. The number of halogens is 1. The topological polar surface area (TPSA) is 38.3 Å². The maximum atomic E-state index is 12.9. The van der Waals surface area contributed by atoms with Gasteiger partial charge >= 0.3 is 6.09 Å². The molecule has 1 aromatic carbocycles. The predicted octanol–water partition coefficient (Wildman–Crippen LogP) is 3.60. The van der Waals surface area contributed by atoms with Gasteiger partial charge in [0.05, 0.1) is 0 Å². The standard InChI is InChI=1S/C15H20FNO2/c1-14(2,3)19-13(18)17-15(4)9-12(15)10-5-7-11(16)8-6-10/h5-8,12H,9H2,1-4H3,(H,17,18). The molecular weight excluding hydrogens is 245 g/mol. The van der Waals surface area contributed by atoms with Crippen molar-refractivity contribution >= 4 is 6.09 Å². The van der Waals surface area contributed by atoms with Crippen LogP contribution in [0.2, 0.25) is 0 Å². The molecule has 104 valence electrons. The lowest BCUT2D eigenvalue weighted by molar-refractivity contribution is 0.0500. The van der Waals surface area contributed by atoms with E-state index in [1.165, 1.54) is 12.1 Å². The molecule has 2 rings (SSSR count). The number of hydrogen-bond donors (Lipinski definition) is 1. The van der Waals surface area contributed by atoms with Crippen molar-refractivity contribution < 1.29 is 13.9 Å². The largest absolute Gasteiger partial charge is 0.444 e. The zero-order valence-electron chi connectivity index (χ0n) is 11.8. The predicted molar refractivity (Wildman–Crippen MR) is 71.5 cm³/mol. The molecule has 0 saturated heterocycles. The Bertz CT molecular complexity index is 478. The van der Waals surface area contributed by atoms with Gasteiger partial charge in [0, 0.05) is 11.5 Å². The Balaban J connectivity index is 1.96. The molecule has 1 aliphatic rings. The van der Waals surface area contributed by atoms with Gasteiger partial charge in [0.2, 0.25) is 0 Å². The van der Waals surface area contributed by atoms with Gasteiger partial charge in [0.25, 0.3) is 0 Å². The molecule has 0 spiro atoms. The fourth-order valence-electron chi connectivity index (χ4n) is 2.22. The number of nitrogens with one attached hydrogen (secondary N) is 1. The van der Waals surface area contributed by atoms with E-state index < -0.39 is 11.7 Å². The molecule has 3 nitrogen and oxygen atoms in total. The molecule has 0 bridgehead atoms. The average Bonchev–Trinajstić information content (AvgIpc) is 2.87. The molecule has 1 fully saturated rings. The van der Waals surface area contributed by atoms with E-state index in [-0.39, 0.29) is 17.3 Å². The van der Waals surface area contributed by atoms with Crippen molar-refractivity contribution in [1.82, 2.24) is 5.32 Å². The monoisotopic (exact) mass is 265 g/mol. The summed E-state index contributed by atoms with van der Waals surface area (Å²) in [5.41, 5.74) is 0.251. The lowest BCUT2D eigenvalue weighted by Gasteiger charge is -2.22. The molecule has 2 atom stereocenters. The van der Waals surface area contributed by atoms with E-state index in [1.54, 1.807) is 12.1 Å². The van der Waals surface area contributed by atoms with Gasteiger partial charge in [-0.3, -0.25) is 0 Å². The number of ether oxygens (including phenoxy) is 1. The third-order valence-electron chi connectivity index (χ3n) is 3.30. The fraction of sp³-hybridized carbons (Fsp3) is 0.533. The van der Waals surface area contributed by atoms with E-state index in [4.69, 9.17) is 4.74 Å². The maximum absolute atomic E-state index is 12.9. The molecule has 1 N–H and O–H groups in total. The molecule has 1 aromatic rings. The number of rotatable bonds is 2. The smallest absolute Gasteiger partial charge is 0.408 e. The minimum Gasteiger partial charge on any atom is -0.444 e. The van der Waals surface area contributed by atoms with E-state index in [0.717, 1.165) is 12.0 Å². The van der Waals surface area contributed by atoms with Crippen LogP contribution >= 0.6 is 0 Å². The van der Waals surface area contributed by atoms with Crippen molar-refractivity contribution in [2.24, 2.45) is 0 Å². The zero-order valence-corrected chi connectivity index (χ0v) is 11.8. The second-order valence-electron chi connectivity index (χ2n) is 6.35. The summed E-state index contributed by atoms with van der Waals surface area (Å²) in [5.74, 6) is -0.0215. The minimum absolute atomic E-state index is 0.223. The highest BCUT2D eigenvalue weighted by molar-refractivity contribution is 5.70. The minimum atomic E-state index is -0.499. The molecule has 19 heavy (non-hydrogen) atoms. The Hall–Kier alpha value is -1.58. The van der Waals surface area contributed by atoms with Gasteiger partial charge in [-0.05, 0) is 51.8 Å². The van der Waals surface area contributed by atoms with Crippen LogP contribution in [0.25, 0.3) is 0 Å². The first-order chi connectivity index (χ1) is 8.70. The van der Waals surface area contributed by atoms with Gasteiger partial charge in [-0.1, -0.05) is 12.1 Å². The first kappa shape index (κ1) is 13.8. The molecule has 0 radical (unpaired) electrons. The van der Waals surface area contributed by atoms with Crippen LogP contribution < -0.4 is 5.32 Å². The van der Waals surface area contributed by atoms with Crippen molar-refractivity contribution in [3.05, 3.63) is 35.6 Å². The van der Waals surface area contributed by atoms with E-state index in [9.17, 15) is 9.18 Å². The Labute approximate surface area is 113 Å². The van der Waals surface area contributed by atoms with Crippen LogP contribution in [-0.2, 0) is 4.74 Å². The number of carbonyl (C=O) groups excluding carboxylic acids is 1. The number of benzene rings is 1. The van der Waals surface area contributed by atoms with Crippen molar-refractivity contribution in [2.45, 2.75) is 51.2 Å². The summed E-state index contributed by atoms with van der Waals surface area (Å²) in [6, 6.07) is 6.42. The van der Waals surface area contributed by atoms with E-state index in [0.29, 0.717) is 0 Å². The third kappa shape index (κ3) is 3.46. The molecular formula is C15H20FNO2. The number of alkyl carbamates (subject to hydrolysis) is 1. The van der Waals surface area contributed by atoms with Gasteiger partial charge < -0.3 is 10.1 Å². The van der Waals surface area contributed by atoms with Crippen molar-refractivity contribution in [3.63, 3.8) is 0 Å². The lowest BCUT2D eigenvalue weighted by atomic mass is 10.1. The Morgan fingerprint density at radius 1 is 1.37 bits per heavy atom. The normalized spacial score (nSPS) is 25.8. The molecule has 0 aromatic heterocycles. The van der Waals surface area contributed by atoms with Crippen LogP contribution in [0, 0.1) is 5.82 Å². The summed E-state index contributed by atoms with van der Waals surface area (Å²) in [5, 5.41) is 2.90. The summed E-state index contributed by atoms with van der Waals surface area (Å²) in [6.45, 7) is 7.47. The first-order valence-electron chi connectivity index (χ1n) is 6.46. The van der Waals surface area contributed by atoms with Gasteiger partial charge in [0.1, 0.15) is 11.4 Å². The highest BCUT2D eigenvalue weighted by Crippen LogP contribution is 2.51. The maximum Gasteiger partial charge on any atom is 0.408 e. The summed E-state index contributed by atoms with van der Waals surface area (Å²) in [7, 11) is 0. The summed E-state index contributed by atoms with van der Waals surface area (Å²) in [6.07, 6.45) is 0.442. The molecule has 2 unspecified atom stereocenters. The molecule has 1 amide bonds. The molecule has 1 aliphatic carbocycles. The SMILES string of the molecule is CC(C)(C)OC(=O)NC1(C)CC1c1ccc(F)cc1. The van der Waals surface area contributed by atoms with E-state index in [2.05, 4.69) is 5.32 Å². The van der Waals surface area contributed by atoms with Gasteiger partial charge in [-0.15, -0.1) is 0 Å². The van der Waals surface area contributed by atoms with Crippen LogP contribution in [0.5, 0.6) is 0 Å². The second-order valence-corrected chi connectivity index (χ2v) is 6.35. The lowest BCUT2D eigenvalue weighted by Crippen LogP contribution is -2.39. The first-order valence-corrected chi connectivity index (χ1v) is 6.46. The van der Waals surface area contributed by atoms with Crippen molar-refractivity contribution in [2.75, 3.05) is 0 Å². The Kier molecular flexibility index (Phi) is 3.29. The van der Waals surface area contributed by atoms with E-state index in [1.807, 2.05) is 27.7 Å². The highest BCUT2D eigenvalue weighted by Gasteiger charge is 2.52.